The number of ether oxygens (including phenoxy) is 2. The van der Waals surface area contributed by atoms with Crippen LogP contribution in [0.2, 0.25) is 10.0 Å². The molecule has 1 aromatic carbocycles. The lowest BCUT2D eigenvalue weighted by Gasteiger charge is -2.17. The summed E-state index contributed by atoms with van der Waals surface area (Å²) < 4.78 is 11.9. The highest BCUT2D eigenvalue weighted by Crippen LogP contribution is 2.45. The fraction of sp³-hybridized carbons (Fsp3) is 0.188. The van der Waals surface area contributed by atoms with Gasteiger partial charge in [-0.25, -0.2) is 9.97 Å². The maximum absolute atomic E-state index is 12.7. The molecule has 0 atom stereocenters. The zero-order valence-electron chi connectivity index (χ0n) is 13.6. The van der Waals surface area contributed by atoms with Gasteiger partial charge >= 0.3 is 0 Å². The zero-order chi connectivity index (χ0) is 18.3. The Hall–Kier alpha value is -2.51. The van der Waals surface area contributed by atoms with Crippen LogP contribution in [0.5, 0.6) is 11.5 Å². The van der Waals surface area contributed by atoms with E-state index in [4.69, 9.17) is 38.4 Å². The molecule has 7 nitrogen and oxygen atoms in total. The van der Waals surface area contributed by atoms with Gasteiger partial charge < -0.3 is 19.8 Å². The maximum atomic E-state index is 12.7. The number of hydrogen-bond acceptors (Lipinski definition) is 6. The SMILES string of the molecule is COc1cc(OC)c(Cl)c(-c2cc3cnc(N)nc3c(=O)n2C)c1Cl. The Labute approximate surface area is 152 Å². The first kappa shape index (κ1) is 17.3. The van der Waals surface area contributed by atoms with E-state index in [9.17, 15) is 4.79 Å². The van der Waals surface area contributed by atoms with Crippen molar-refractivity contribution >= 4 is 40.1 Å². The lowest BCUT2D eigenvalue weighted by atomic mass is 10.1. The fourth-order valence-electron chi connectivity index (χ4n) is 2.54. The quantitative estimate of drug-likeness (QED) is 0.750. The number of nitrogens with zero attached hydrogens (tertiary/aromatic N) is 3. The van der Waals surface area contributed by atoms with E-state index >= 15 is 0 Å². The first-order valence-corrected chi connectivity index (χ1v) is 7.87. The summed E-state index contributed by atoms with van der Waals surface area (Å²) in [6, 6.07) is 3.29. The lowest BCUT2D eigenvalue weighted by molar-refractivity contribution is 0.395. The molecule has 0 saturated carbocycles. The number of benzene rings is 1. The summed E-state index contributed by atoms with van der Waals surface area (Å²) in [4.78, 5) is 20.6. The van der Waals surface area contributed by atoms with Gasteiger partial charge in [-0.15, -0.1) is 0 Å². The number of pyridine rings is 1. The Kier molecular flexibility index (Phi) is 4.45. The second kappa shape index (κ2) is 6.42. The minimum Gasteiger partial charge on any atom is -0.495 e. The number of halogens is 2. The van der Waals surface area contributed by atoms with E-state index in [2.05, 4.69) is 9.97 Å². The summed E-state index contributed by atoms with van der Waals surface area (Å²) in [5, 5.41) is 1.04. The first-order chi connectivity index (χ1) is 11.9. The Morgan fingerprint density at radius 2 is 1.72 bits per heavy atom. The predicted octanol–water partition coefficient (Wildman–Crippen LogP) is 2.90. The molecule has 3 aromatic rings. The molecule has 0 amide bonds. The van der Waals surface area contributed by atoms with Gasteiger partial charge in [-0.1, -0.05) is 23.2 Å². The molecule has 25 heavy (non-hydrogen) atoms. The molecular formula is C16H14Cl2N4O3. The third-order valence-electron chi connectivity index (χ3n) is 3.83. The molecule has 3 rings (SSSR count). The van der Waals surface area contributed by atoms with Gasteiger partial charge in [0.1, 0.15) is 17.0 Å². The molecule has 0 radical (unpaired) electrons. The third kappa shape index (κ3) is 2.75. The van der Waals surface area contributed by atoms with Gasteiger partial charge in [-0.05, 0) is 6.07 Å². The largest absolute Gasteiger partial charge is 0.495 e. The number of aromatic nitrogens is 3. The Morgan fingerprint density at radius 3 is 2.28 bits per heavy atom. The van der Waals surface area contributed by atoms with Crippen molar-refractivity contribution in [3.8, 4) is 22.8 Å². The van der Waals surface area contributed by atoms with Crippen LogP contribution in [-0.4, -0.2) is 28.8 Å². The van der Waals surface area contributed by atoms with Gasteiger partial charge in [0.2, 0.25) is 5.95 Å². The van der Waals surface area contributed by atoms with E-state index in [1.54, 1.807) is 19.2 Å². The van der Waals surface area contributed by atoms with Crippen molar-refractivity contribution in [1.29, 1.82) is 0 Å². The highest BCUT2D eigenvalue weighted by molar-refractivity contribution is 6.41. The van der Waals surface area contributed by atoms with Crippen LogP contribution in [0, 0.1) is 0 Å². The summed E-state index contributed by atoms with van der Waals surface area (Å²) in [7, 11) is 4.55. The van der Waals surface area contributed by atoms with Crippen molar-refractivity contribution in [1.82, 2.24) is 14.5 Å². The lowest BCUT2D eigenvalue weighted by Crippen LogP contribution is -2.20. The average Bonchev–Trinajstić information content (AvgIpc) is 2.60. The molecule has 0 fully saturated rings. The number of nitrogen functional groups attached to an aromatic ring is 1. The van der Waals surface area contributed by atoms with Crippen molar-refractivity contribution in [2.45, 2.75) is 0 Å². The van der Waals surface area contributed by atoms with Crippen molar-refractivity contribution in [3.05, 3.63) is 38.7 Å². The summed E-state index contributed by atoms with van der Waals surface area (Å²) in [5.41, 5.74) is 6.31. The minimum absolute atomic E-state index is 0.0245. The van der Waals surface area contributed by atoms with E-state index in [1.165, 1.54) is 25.0 Å². The normalized spacial score (nSPS) is 10.9. The van der Waals surface area contributed by atoms with Crippen LogP contribution >= 0.6 is 23.2 Å². The average molecular weight is 381 g/mol. The molecule has 2 N–H and O–H groups in total. The van der Waals surface area contributed by atoms with E-state index in [1.807, 2.05) is 0 Å². The third-order valence-corrected chi connectivity index (χ3v) is 4.58. The first-order valence-electron chi connectivity index (χ1n) is 7.11. The summed E-state index contributed by atoms with van der Waals surface area (Å²) in [6.07, 6.45) is 1.47. The monoisotopic (exact) mass is 380 g/mol. The van der Waals surface area contributed by atoms with Crippen LogP contribution in [0.3, 0.4) is 0 Å². The molecular weight excluding hydrogens is 367 g/mol. The topological polar surface area (TPSA) is 92.3 Å². The molecule has 0 saturated heterocycles. The molecule has 0 aliphatic rings. The van der Waals surface area contributed by atoms with Gasteiger partial charge in [0.15, 0.2) is 0 Å². The second-order valence-electron chi connectivity index (χ2n) is 5.21. The molecule has 0 aliphatic carbocycles. The maximum Gasteiger partial charge on any atom is 0.277 e. The van der Waals surface area contributed by atoms with Crippen LogP contribution in [0.25, 0.3) is 22.2 Å². The Balaban J connectivity index is 2.43. The smallest absolute Gasteiger partial charge is 0.277 e. The molecule has 130 valence electrons. The van der Waals surface area contributed by atoms with Crippen LogP contribution in [0.15, 0.2) is 23.1 Å². The van der Waals surface area contributed by atoms with Crippen molar-refractivity contribution in [2.75, 3.05) is 20.0 Å². The number of fused-ring (bicyclic) bond motifs is 1. The van der Waals surface area contributed by atoms with Gasteiger partial charge in [-0.2, -0.15) is 0 Å². The summed E-state index contributed by atoms with van der Waals surface area (Å²) in [6.45, 7) is 0. The molecule has 9 heteroatoms. The highest BCUT2D eigenvalue weighted by atomic mass is 35.5. The van der Waals surface area contributed by atoms with E-state index in [0.29, 0.717) is 28.1 Å². The van der Waals surface area contributed by atoms with Crippen LogP contribution in [0.1, 0.15) is 0 Å². The number of rotatable bonds is 3. The fourth-order valence-corrected chi connectivity index (χ4v) is 3.24. The van der Waals surface area contributed by atoms with E-state index in [-0.39, 0.29) is 27.1 Å². The zero-order valence-corrected chi connectivity index (χ0v) is 15.1. The standard InChI is InChI=1S/C16H14Cl2N4O3/c1-22-8(4-7-6-20-16(19)21-14(7)15(22)23)11-12(17)9(24-2)5-10(25-3)13(11)18/h4-6H,1-3H3,(H2,19,20,21). The summed E-state index contributed by atoms with van der Waals surface area (Å²) >= 11 is 12.9. The minimum atomic E-state index is -0.351. The van der Waals surface area contributed by atoms with Gasteiger partial charge in [0.05, 0.1) is 30.0 Å². The number of anilines is 1. The van der Waals surface area contributed by atoms with E-state index < -0.39 is 0 Å². The Bertz CT molecular complexity index is 1020. The molecule has 0 unspecified atom stereocenters. The van der Waals surface area contributed by atoms with Gasteiger partial charge in [-0.3, -0.25) is 4.79 Å². The molecule has 2 heterocycles. The number of hydrogen-bond donors (Lipinski definition) is 1. The van der Waals surface area contributed by atoms with Crippen molar-refractivity contribution in [2.24, 2.45) is 7.05 Å². The van der Waals surface area contributed by atoms with Gasteiger partial charge in [0, 0.05) is 30.3 Å². The van der Waals surface area contributed by atoms with E-state index in [0.717, 1.165) is 0 Å². The number of nitrogens with two attached hydrogens (primary N) is 1. The molecule has 0 bridgehead atoms. The predicted molar refractivity (Wildman–Crippen MR) is 97.8 cm³/mol. The van der Waals surface area contributed by atoms with Crippen LogP contribution < -0.4 is 20.8 Å². The summed E-state index contributed by atoms with van der Waals surface area (Å²) in [5.74, 6) is 0.773. The van der Waals surface area contributed by atoms with Crippen LogP contribution in [-0.2, 0) is 7.05 Å². The Morgan fingerprint density at radius 1 is 1.12 bits per heavy atom. The molecule has 2 aromatic heterocycles. The second-order valence-corrected chi connectivity index (χ2v) is 5.97. The molecule has 0 aliphatic heterocycles. The number of methoxy groups -OCH3 is 2. The van der Waals surface area contributed by atoms with Crippen LogP contribution in [0.4, 0.5) is 5.95 Å². The van der Waals surface area contributed by atoms with Gasteiger partial charge in [0.25, 0.3) is 5.56 Å². The van der Waals surface area contributed by atoms with Crippen molar-refractivity contribution in [3.63, 3.8) is 0 Å². The molecule has 0 spiro atoms. The van der Waals surface area contributed by atoms with Crippen molar-refractivity contribution < 1.29 is 9.47 Å². The highest BCUT2D eigenvalue weighted by Gasteiger charge is 2.22.